The zero-order valence-electron chi connectivity index (χ0n) is 10.1. The molecular weight excluding hydrogens is 220 g/mol. The molecule has 0 saturated heterocycles. The Bertz CT molecular complexity index is 378. The lowest BCUT2D eigenvalue weighted by Crippen LogP contribution is -2.54. The van der Waals surface area contributed by atoms with Crippen LogP contribution in [0.4, 0.5) is 0 Å². The Hall–Kier alpha value is -1.59. The predicted molar refractivity (Wildman–Crippen MR) is 64.7 cm³/mol. The first kappa shape index (κ1) is 13.5. The third kappa shape index (κ3) is 3.44. The van der Waals surface area contributed by atoms with Crippen molar-refractivity contribution in [1.29, 1.82) is 0 Å². The van der Waals surface area contributed by atoms with E-state index in [0.29, 0.717) is 13.0 Å². The molecule has 17 heavy (non-hydrogen) atoms. The van der Waals surface area contributed by atoms with Gasteiger partial charge in [0.15, 0.2) is 0 Å². The van der Waals surface area contributed by atoms with Crippen LogP contribution >= 0.6 is 0 Å². The molecule has 0 aliphatic rings. The Morgan fingerprint density at radius 2 is 2.06 bits per heavy atom. The summed E-state index contributed by atoms with van der Waals surface area (Å²) < 4.78 is 5.31. The maximum absolute atomic E-state index is 11.1. The van der Waals surface area contributed by atoms with Crippen LogP contribution in [0.15, 0.2) is 24.3 Å². The number of aliphatic carboxylic acids is 1. The second kappa shape index (κ2) is 5.65. The molecule has 0 radical (unpaired) electrons. The van der Waals surface area contributed by atoms with E-state index in [1.54, 1.807) is 6.92 Å². The lowest BCUT2D eigenvalue weighted by Gasteiger charge is -2.23. The molecule has 0 amide bonds. The van der Waals surface area contributed by atoms with Crippen LogP contribution in [0.2, 0.25) is 0 Å². The van der Waals surface area contributed by atoms with Crippen LogP contribution in [0.25, 0.3) is 0 Å². The van der Waals surface area contributed by atoms with E-state index in [0.717, 1.165) is 11.3 Å². The fraction of sp³-hybridized carbons (Fsp3) is 0.417. The number of hydrazine groups is 1. The van der Waals surface area contributed by atoms with E-state index >= 15 is 0 Å². The van der Waals surface area contributed by atoms with Crippen LogP contribution in [0, 0.1) is 0 Å². The van der Waals surface area contributed by atoms with Crippen molar-refractivity contribution in [3.63, 3.8) is 0 Å². The average Bonchev–Trinajstić information content (AvgIpc) is 2.31. The molecule has 1 aromatic rings. The Balaban J connectivity index is 2.77. The third-order valence-corrected chi connectivity index (χ3v) is 2.58. The van der Waals surface area contributed by atoms with Crippen LogP contribution < -0.4 is 16.0 Å². The standard InChI is InChI=1S/C12H18N2O3/c1-3-17-10-6-4-9(5-7-10)8-12(2,14-13)11(15)16/h4-7,14H,3,8,13H2,1-2H3,(H,15,16). The van der Waals surface area contributed by atoms with E-state index in [1.807, 2.05) is 31.2 Å². The van der Waals surface area contributed by atoms with Gasteiger partial charge in [-0.1, -0.05) is 12.1 Å². The van der Waals surface area contributed by atoms with Crippen molar-refractivity contribution in [2.45, 2.75) is 25.8 Å². The van der Waals surface area contributed by atoms with Crippen molar-refractivity contribution in [1.82, 2.24) is 5.43 Å². The molecule has 1 rings (SSSR count). The molecule has 0 heterocycles. The van der Waals surface area contributed by atoms with Crippen molar-refractivity contribution in [3.8, 4) is 5.75 Å². The molecule has 0 aliphatic carbocycles. The van der Waals surface area contributed by atoms with E-state index in [9.17, 15) is 4.79 Å². The molecule has 1 atom stereocenters. The number of nitrogens with one attached hydrogen (secondary N) is 1. The minimum Gasteiger partial charge on any atom is -0.494 e. The largest absolute Gasteiger partial charge is 0.494 e. The highest BCUT2D eigenvalue weighted by Crippen LogP contribution is 2.17. The normalized spacial score (nSPS) is 14.1. The first-order chi connectivity index (χ1) is 8.01. The van der Waals surface area contributed by atoms with Crippen LogP contribution in [-0.4, -0.2) is 23.2 Å². The molecule has 1 aromatic carbocycles. The van der Waals surface area contributed by atoms with Crippen molar-refractivity contribution in [3.05, 3.63) is 29.8 Å². The first-order valence-corrected chi connectivity index (χ1v) is 5.44. The molecule has 5 heteroatoms. The minimum atomic E-state index is -1.16. The Morgan fingerprint density at radius 3 is 2.47 bits per heavy atom. The van der Waals surface area contributed by atoms with Crippen molar-refractivity contribution >= 4 is 5.97 Å². The summed E-state index contributed by atoms with van der Waals surface area (Å²) in [6.45, 7) is 4.07. The number of hydrogen-bond acceptors (Lipinski definition) is 4. The molecule has 0 saturated carbocycles. The smallest absolute Gasteiger partial charge is 0.325 e. The molecule has 0 bridgehead atoms. The second-order valence-electron chi connectivity index (χ2n) is 4.04. The van der Waals surface area contributed by atoms with Gasteiger partial charge in [-0.05, 0) is 31.5 Å². The SMILES string of the molecule is CCOc1ccc(CC(C)(NN)C(=O)O)cc1. The summed E-state index contributed by atoms with van der Waals surface area (Å²) in [7, 11) is 0. The summed E-state index contributed by atoms with van der Waals surface area (Å²) in [5.74, 6) is 5.07. The van der Waals surface area contributed by atoms with Crippen molar-refractivity contribution in [2.75, 3.05) is 6.61 Å². The summed E-state index contributed by atoms with van der Waals surface area (Å²) in [6, 6.07) is 7.31. The van der Waals surface area contributed by atoms with Crippen LogP contribution in [0.1, 0.15) is 19.4 Å². The van der Waals surface area contributed by atoms with Gasteiger partial charge in [0.2, 0.25) is 0 Å². The van der Waals surface area contributed by atoms with Gasteiger partial charge in [-0.15, -0.1) is 0 Å². The summed E-state index contributed by atoms with van der Waals surface area (Å²) in [5, 5.41) is 9.07. The summed E-state index contributed by atoms with van der Waals surface area (Å²) >= 11 is 0. The molecule has 1 unspecified atom stereocenters. The zero-order chi connectivity index (χ0) is 12.9. The van der Waals surface area contributed by atoms with Gasteiger partial charge in [-0.3, -0.25) is 10.6 Å². The number of benzene rings is 1. The van der Waals surface area contributed by atoms with Gasteiger partial charge in [0.05, 0.1) is 6.61 Å². The highest BCUT2D eigenvalue weighted by molar-refractivity contribution is 5.78. The molecular formula is C12H18N2O3. The number of hydrogen-bond donors (Lipinski definition) is 3. The fourth-order valence-electron chi connectivity index (χ4n) is 1.47. The van der Waals surface area contributed by atoms with Crippen molar-refractivity contribution in [2.24, 2.45) is 5.84 Å². The molecule has 0 aromatic heterocycles. The average molecular weight is 238 g/mol. The zero-order valence-corrected chi connectivity index (χ0v) is 10.1. The molecule has 94 valence electrons. The quantitative estimate of drug-likeness (QED) is 0.507. The van der Waals surface area contributed by atoms with E-state index in [2.05, 4.69) is 5.43 Å². The molecule has 0 spiro atoms. The Labute approximate surface area is 101 Å². The molecule has 5 nitrogen and oxygen atoms in total. The molecule has 0 aliphatic heterocycles. The lowest BCUT2D eigenvalue weighted by molar-refractivity contribution is -0.144. The minimum absolute atomic E-state index is 0.311. The van der Waals surface area contributed by atoms with Gasteiger partial charge in [0.25, 0.3) is 0 Å². The van der Waals surface area contributed by atoms with Gasteiger partial charge in [0, 0.05) is 6.42 Å². The molecule has 0 fully saturated rings. The predicted octanol–water partition coefficient (Wildman–Crippen LogP) is 0.934. The van der Waals surface area contributed by atoms with Gasteiger partial charge < -0.3 is 9.84 Å². The summed E-state index contributed by atoms with van der Waals surface area (Å²) in [5.41, 5.74) is 2.06. The van der Waals surface area contributed by atoms with E-state index in [-0.39, 0.29) is 0 Å². The first-order valence-electron chi connectivity index (χ1n) is 5.44. The van der Waals surface area contributed by atoms with E-state index in [4.69, 9.17) is 15.7 Å². The highest BCUT2D eigenvalue weighted by Gasteiger charge is 2.31. The lowest BCUT2D eigenvalue weighted by atomic mass is 9.94. The topological polar surface area (TPSA) is 84.6 Å². The monoisotopic (exact) mass is 238 g/mol. The Kier molecular flexibility index (Phi) is 4.48. The maximum atomic E-state index is 11.1. The van der Waals surface area contributed by atoms with Gasteiger partial charge in [0.1, 0.15) is 11.3 Å². The molecule has 4 N–H and O–H groups in total. The summed E-state index contributed by atoms with van der Waals surface area (Å²) in [6.07, 6.45) is 0.311. The van der Waals surface area contributed by atoms with Crippen molar-refractivity contribution < 1.29 is 14.6 Å². The highest BCUT2D eigenvalue weighted by atomic mass is 16.5. The maximum Gasteiger partial charge on any atom is 0.325 e. The van der Waals surface area contributed by atoms with E-state index in [1.165, 1.54) is 0 Å². The summed E-state index contributed by atoms with van der Waals surface area (Å²) in [4.78, 5) is 11.1. The van der Waals surface area contributed by atoms with Gasteiger partial charge in [-0.2, -0.15) is 0 Å². The number of rotatable bonds is 6. The number of carbonyl (C=O) groups is 1. The van der Waals surface area contributed by atoms with Crippen LogP contribution in [-0.2, 0) is 11.2 Å². The number of ether oxygens (including phenoxy) is 1. The second-order valence-corrected chi connectivity index (χ2v) is 4.04. The fourth-order valence-corrected chi connectivity index (χ4v) is 1.47. The number of carboxylic acids is 1. The number of carboxylic acid groups (broad SMARTS) is 1. The van der Waals surface area contributed by atoms with Crippen LogP contribution in [0.5, 0.6) is 5.75 Å². The number of nitrogens with two attached hydrogens (primary N) is 1. The third-order valence-electron chi connectivity index (χ3n) is 2.58. The van der Waals surface area contributed by atoms with Gasteiger partial charge >= 0.3 is 5.97 Å². The van der Waals surface area contributed by atoms with E-state index < -0.39 is 11.5 Å². The van der Waals surface area contributed by atoms with Gasteiger partial charge in [-0.25, -0.2) is 5.43 Å². The van der Waals surface area contributed by atoms with Crippen LogP contribution in [0.3, 0.4) is 0 Å². The Morgan fingerprint density at radius 1 is 1.47 bits per heavy atom.